The SMILES string of the molecule is C=CCOC(=O)N1c2cc(O)c(OC)cc2C(=O)N2NC3(CC3)C[C@H]2C1O[Si](C)(C)C(C)(C)C. The smallest absolute Gasteiger partial charge is 0.416 e. The van der Waals surface area contributed by atoms with Gasteiger partial charge in [0.15, 0.2) is 26.0 Å². The van der Waals surface area contributed by atoms with Crippen molar-refractivity contribution in [2.24, 2.45) is 0 Å². The Kier molecular flexibility index (Phi) is 5.98. The Morgan fingerprint density at radius 3 is 2.59 bits per heavy atom. The van der Waals surface area contributed by atoms with Gasteiger partial charge in [0.1, 0.15) is 6.61 Å². The minimum absolute atomic E-state index is 0.00410. The van der Waals surface area contributed by atoms with Gasteiger partial charge in [0.25, 0.3) is 5.91 Å². The van der Waals surface area contributed by atoms with Crippen LogP contribution in [0.15, 0.2) is 24.8 Å². The van der Waals surface area contributed by atoms with Crippen molar-refractivity contribution in [3.63, 3.8) is 0 Å². The number of methoxy groups -OCH3 is 1. The number of carbonyl (C=O) groups is 2. The average Bonchev–Trinajstić information content (AvgIpc) is 3.41. The number of amides is 2. The van der Waals surface area contributed by atoms with Crippen molar-refractivity contribution >= 4 is 26.0 Å². The molecule has 4 rings (SSSR count). The molecule has 0 bridgehead atoms. The molecular formula is C24H35N3O6Si. The number of aromatic hydroxyl groups is 1. The van der Waals surface area contributed by atoms with E-state index in [-0.39, 0.29) is 45.8 Å². The molecule has 1 aliphatic carbocycles. The Morgan fingerprint density at radius 2 is 2.03 bits per heavy atom. The minimum Gasteiger partial charge on any atom is -0.504 e. The van der Waals surface area contributed by atoms with Gasteiger partial charge in [0.2, 0.25) is 0 Å². The van der Waals surface area contributed by atoms with Crippen molar-refractivity contribution in [3.8, 4) is 11.5 Å². The van der Waals surface area contributed by atoms with Crippen LogP contribution in [0.5, 0.6) is 11.5 Å². The van der Waals surface area contributed by atoms with Gasteiger partial charge < -0.3 is 19.0 Å². The van der Waals surface area contributed by atoms with Crippen molar-refractivity contribution in [1.29, 1.82) is 0 Å². The molecule has 2 heterocycles. The van der Waals surface area contributed by atoms with Crippen molar-refractivity contribution in [1.82, 2.24) is 10.4 Å². The van der Waals surface area contributed by atoms with Crippen molar-refractivity contribution in [2.45, 2.75) is 76.0 Å². The molecule has 1 saturated carbocycles. The van der Waals surface area contributed by atoms with E-state index < -0.39 is 26.7 Å². The zero-order chi connectivity index (χ0) is 25.1. The fourth-order valence-corrected chi connectivity index (χ4v) is 5.53. The van der Waals surface area contributed by atoms with Gasteiger partial charge >= 0.3 is 6.09 Å². The minimum atomic E-state index is -2.42. The number of fused-ring (bicyclic) bond motifs is 2. The van der Waals surface area contributed by atoms with E-state index in [1.807, 2.05) is 0 Å². The molecule has 2 N–H and O–H groups in total. The molecule has 2 aliphatic heterocycles. The predicted octanol–water partition coefficient (Wildman–Crippen LogP) is 4.14. The topological polar surface area (TPSA) is 101 Å². The lowest BCUT2D eigenvalue weighted by Crippen LogP contribution is -2.59. The summed E-state index contributed by atoms with van der Waals surface area (Å²) in [5.41, 5.74) is 3.69. The molecule has 1 spiro atoms. The van der Waals surface area contributed by atoms with Gasteiger partial charge in [-0.2, -0.15) is 0 Å². The predicted molar refractivity (Wildman–Crippen MR) is 130 cm³/mol. The van der Waals surface area contributed by atoms with E-state index in [4.69, 9.17) is 13.9 Å². The van der Waals surface area contributed by atoms with E-state index in [0.717, 1.165) is 12.8 Å². The second-order valence-electron chi connectivity index (χ2n) is 10.9. The summed E-state index contributed by atoms with van der Waals surface area (Å²) in [4.78, 5) is 28.7. The molecule has 186 valence electrons. The van der Waals surface area contributed by atoms with Crippen molar-refractivity contribution in [2.75, 3.05) is 18.6 Å². The number of hydrogen-bond donors (Lipinski definition) is 2. The average molecular weight is 490 g/mol. The Labute approximate surface area is 201 Å². The first-order valence-corrected chi connectivity index (χ1v) is 14.5. The zero-order valence-electron chi connectivity index (χ0n) is 20.8. The first-order valence-electron chi connectivity index (χ1n) is 11.6. The van der Waals surface area contributed by atoms with E-state index in [1.165, 1.54) is 30.2 Å². The number of rotatable bonds is 5. The van der Waals surface area contributed by atoms with Crippen LogP contribution in [0.2, 0.25) is 18.1 Å². The highest BCUT2D eigenvalue weighted by Gasteiger charge is 2.59. The normalized spacial score (nSPS) is 23.3. The summed E-state index contributed by atoms with van der Waals surface area (Å²) in [6.45, 7) is 14.2. The summed E-state index contributed by atoms with van der Waals surface area (Å²) in [7, 11) is -1.00. The fourth-order valence-electron chi connectivity index (χ4n) is 4.31. The number of anilines is 1. The van der Waals surface area contributed by atoms with Gasteiger partial charge in [-0.1, -0.05) is 33.4 Å². The highest BCUT2D eigenvalue weighted by Crippen LogP contribution is 2.50. The van der Waals surface area contributed by atoms with Crippen LogP contribution in [0.25, 0.3) is 0 Å². The van der Waals surface area contributed by atoms with Gasteiger partial charge in [-0.05, 0) is 43.5 Å². The number of carbonyl (C=O) groups excluding carboxylic acids is 2. The zero-order valence-corrected chi connectivity index (χ0v) is 21.8. The summed E-state index contributed by atoms with van der Waals surface area (Å²) in [5.74, 6) is -0.340. The second kappa shape index (κ2) is 8.28. The highest BCUT2D eigenvalue weighted by atomic mass is 28.4. The Hall–Kier alpha value is -2.56. The Morgan fingerprint density at radius 1 is 1.35 bits per heavy atom. The van der Waals surface area contributed by atoms with Gasteiger partial charge in [-0.25, -0.2) is 15.1 Å². The molecular weight excluding hydrogens is 454 g/mol. The third-order valence-corrected chi connectivity index (χ3v) is 11.9. The molecule has 9 nitrogen and oxygen atoms in total. The maximum Gasteiger partial charge on any atom is 0.416 e. The molecule has 1 unspecified atom stereocenters. The van der Waals surface area contributed by atoms with Crippen molar-refractivity contribution < 1.29 is 28.6 Å². The maximum absolute atomic E-state index is 13.8. The standard InChI is InChI=1S/C24H35N3O6Si/c1-8-11-32-22(30)26-16-13-18(28)19(31-5)12-15(16)20(29)27-17(14-24(25-27)9-10-24)21(26)33-34(6,7)23(2,3)4/h8,12-13,17,21,25,28H,1,9-11,14H2,2-7H3/t17-,21?/m0/s1. The van der Waals surface area contributed by atoms with Crippen LogP contribution in [0.3, 0.4) is 0 Å². The molecule has 1 saturated heterocycles. The fraction of sp³-hybridized carbons (Fsp3) is 0.583. The lowest BCUT2D eigenvalue weighted by Gasteiger charge is -2.44. The van der Waals surface area contributed by atoms with Crippen LogP contribution >= 0.6 is 0 Å². The monoisotopic (exact) mass is 489 g/mol. The highest BCUT2D eigenvalue weighted by molar-refractivity contribution is 6.74. The molecule has 2 amide bonds. The van der Waals surface area contributed by atoms with Crippen LogP contribution in [0, 0.1) is 0 Å². The summed E-state index contributed by atoms with van der Waals surface area (Å²) >= 11 is 0. The summed E-state index contributed by atoms with van der Waals surface area (Å²) < 4.78 is 17.6. The first kappa shape index (κ1) is 24.6. The van der Waals surface area contributed by atoms with E-state index >= 15 is 0 Å². The van der Waals surface area contributed by atoms with E-state index in [2.05, 4.69) is 45.9 Å². The van der Waals surface area contributed by atoms with Gasteiger partial charge in [0.05, 0.1) is 24.4 Å². The molecule has 1 aromatic rings. The van der Waals surface area contributed by atoms with Gasteiger partial charge in [-0.15, -0.1) is 0 Å². The third-order valence-electron chi connectivity index (χ3n) is 7.48. The second-order valence-corrected chi connectivity index (χ2v) is 15.6. The Balaban J connectivity index is 1.91. The summed E-state index contributed by atoms with van der Waals surface area (Å²) in [6, 6.07) is 2.41. The Bertz CT molecular complexity index is 1020. The lowest BCUT2D eigenvalue weighted by molar-refractivity contribution is 0.0406. The summed E-state index contributed by atoms with van der Waals surface area (Å²) in [6.07, 6.45) is 2.57. The van der Waals surface area contributed by atoms with Gasteiger partial charge in [-0.3, -0.25) is 9.80 Å². The molecule has 2 atom stereocenters. The molecule has 0 radical (unpaired) electrons. The van der Waals surface area contributed by atoms with E-state index in [9.17, 15) is 14.7 Å². The maximum atomic E-state index is 13.8. The molecule has 10 heteroatoms. The summed E-state index contributed by atoms with van der Waals surface area (Å²) in [5, 5.41) is 12.0. The van der Waals surface area contributed by atoms with Crippen LogP contribution < -0.4 is 15.1 Å². The number of phenols is 1. The number of nitrogens with zero attached hydrogens (tertiary/aromatic N) is 2. The number of benzene rings is 1. The van der Waals surface area contributed by atoms with Crippen LogP contribution in [-0.4, -0.2) is 62.0 Å². The number of nitrogens with one attached hydrogen (secondary N) is 1. The van der Waals surface area contributed by atoms with Gasteiger partial charge in [0, 0.05) is 11.6 Å². The molecule has 2 fully saturated rings. The molecule has 34 heavy (non-hydrogen) atoms. The number of hydrogen-bond acceptors (Lipinski definition) is 7. The first-order chi connectivity index (χ1) is 15.8. The largest absolute Gasteiger partial charge is 0.504 e. The van der Waals surface area contributed by atoms with Crippen LogP contribution in [0.1, 0.15) is 50.4 Å². The van der Waals surface area contributed by atoms with E-state index in [0.29, 0.717) is 6.42 Å². The van der Waals surface area contributed by atoms with Crippen molar-refractivity contribution in [3.05, 3.63) is 30.4 Å². The number of phenolic OH excluding ortho intramolecular Hbond substituents is 1. The molecule has 1 aromatic carbocycles. The van der Waals surface area contributed by atoms with Crippen LogP contribution in [-0.2, 0) is 9.16 Å². The van der Waals surface area contributed by atoms with E-state index in [1.54, 1.807) is 5.01 Å². The third kappa shape index (κ3) is 4.07. The van der Waals surface area contributed by atoms with Crippen LogP contribution in [0.4, 0.5) is 10.5 Å². The quantitative estimate of drug-likeness (QED) is 0.473. The number of ether oxygens (including phenoxy) is 2. The number of hydrazine groups is 1. The molecule has 0 aromatic heterocycles. The molecule has 3 aliphatic rings. The lowest BCUT2D eigenvalue weighted by atomic mass is 10.1.